The molecule has 3 rings (SSSR count). The maximum absolute atomic E-state index is 11.9. The molecule has 2 aromatic heterocycles. The van der Waals surface area contributed by atoms with Gasteiger partial charge < -0.3 is 14.5 Å². The lowest BCUT2D eigenvalue weighted by molar-refractivity contribution is -0.116. The Morgan fingerprint density at radius 1 is 1.41 bits per heavy atom. The standard InChI is InChI=1S/C17H20N2O3/c1-11-9-14(11)15-6-4-13(22-15)5-7-16(20)19-12-3-8-17(21-2)18-10-12/h3-4,6,8,10-11,14H,5,7,9H2,1-2H3,(H,19,20). The Morgan fingerprint density at radius 3 is 2.86 bits per heavy atom. The van der Waals surface area contributed by atoms with Crippen molar-refractivity contribution in [3.05, 3.63) is 42.0 Å². The lowest BCUT2D eigenvalue weighted by Crippen LogP contribution is -2.12. The highest BCUT2D eigenvalue weighted by Crippen LogP contribution is 2.47. The van der Waals surface area contributed by atoms with E-state index in [1.165, 1.54) is 6.42 Å². The van der Waals surface area contributed by atoms with Crippen molar-refractivity contribution in [1.29, 1.82) is 0 Å². The number of methoxy groups -OCH3 is 1. The second-order valence-electron chi connectivity index (χ2n) is 5.76. The van der Waals surface area contributed by atoms with E-state index in [1.54, 1.807) is 25.4 Å². The van der Waals surface area contributed by atoms with Gasteiger partial charge in [0.1, 0.15) is 11.5 Å². The summed E-state index contributed by atoms with van der Waals surface area (Å²) < 4.78 is 10.8. The van der Waals surface area contributed by atoms with Crippen LogP contribution in [0.5, 0.6) is 5.88 Å². The van der Waals surface area contributed by atoms with Gasteiger partial charge in [-0.25, -0.2) is 4.98 Å². The third kappa shape index (κ3) is 3.47. The molecular weight excluding hydrogens is 280 g/mol. The molecule has 1 fully saturated rings. The zero-order valence-corrected chi connectivity index (χ0v) is 12.8. The smallest absolute Gasteiger partial charge is 0.224 e. The Hall–Kier alpha value is -2.30. The highest BCUT2D eigenvalue weighted by atomic mass is 16.5. The Morgan fingerprint density at radius 2 is 2.23 bits per heavy atom. The van der Waals surface area contributed by atoms with Gasteiger partial charge in [0, 0.05) is 24.8 Å². The van der Waals surface area contributed by atoms with Crippen molar-refractivity contribution in [2.24, 2.45) is 5.92 Å². The number of carbonyl (C=O) groups excluding carboxylic acids is 1. The number of nitrogens with zero attached hydrogens (tertiary/aromatic N) is 1. The van der Waals surface area contributed by atoms with E-state index in [2.05, 4.69) is 17.2 Å². The molecule has 5 heteroatoms. The molecule has 116 valence electrons. The van der Waals surface area contributed by atoms with E-state index in [0.29, 0.717) is 30.3 Å². The second kappa shape index (κ2) is 6.22. The van der Waals surface area contributed by atoms with Gasteiger partial charge in [0.05, 0.1) is 19.0 Å². The van der Waals surface area contributed by atoms with Crippen molar-refractivity contribution in [2.45, 2.75) is 32.1 Å². The first-order valence-electron chi connectivity index (χ1n) is 7.54. The quantitative estimate of drug-likeness (QED) is 0.888. The third-order valence-corrected chi connectivity index (χ3v) is 3.99. The summed E-state index contributed by atoms with van der Waals surface area (Å²) in [7, 11) is 1.56. The molecule has 2 unspecified atom stereocenters. The normalized spacial score (nSPS) is 19.7. The Labute approximate surface area is 129 Å². The van der Waals surface area contributed by atoms with Crippen LogP contribution in [0.2, 0.25) is 0 Å². The van der Waals surface area contributed by atoms with Gasteiger partial charge in [-0.15, -0.1) is 0 Å². The molecule has 0 radical (unpaired) electrons. The monoisotopic (exact) mass is 300 g/mol. The number of hydrogen-bond acceptors (Lipinski definition) is 4. The van der Waals surface area contributed by atoms with Gasteiger partial charge in [0.15, 0.2) is 0 Å². The molecule has 5 nitrogen and oxygen atoms in total. The molecule has 0 aliphatic heterocycles. The average molecular weight is 300 g/mol. The van der Waals surface area contributed by atoms with E-state index in [4.69, 9.17) is 9.15 Å². The number of pyridine rings is 1. The van der Waals surface area contributed by atoms with Crippen molar-refractivity contribution in [2.75, 3.05) is 12.4 Å². The lowest BCUT2D eigenvalue weighted by Gasteiger charge is -2.05. The molecule has 0 bridgehead atoms. The van der Waals surface area contributed by atoms with E-state index in [-0.39, 0.29) is 5.91 Å². The number of furan rings is 1. The van der Waals surface area contributed by atoms with Gasteiger partial charge in [-0.1, -0.05) is 6.92 Å². The molecule has 22 heavy (non-hydrogen) atoms. The van der Waals surface area contributed by atoms with Crippen molar-refractivity contribution in [1.82, 2.24) is 4.98 Å². The fourth-order valence-electron chi connectivity index (χ4n) is 2.48. The van der Waals surface area contributed by atoms with Crippen LogP contribution in [0.25, 0.3) is 0 Å². The highest BCUT2D eigenvalue weighted by molar-refractivity contribution is 5.90. The molecule has 2 heterocycles. The molecule has 1 amide bonds. The Bertz CT molecular complexity index is 648. The van der Waals surface area contributed by atoms with Gasteiger partial charge in [-0.05, 0) is 30.5 Å². The number of nitrogens with one attached hydrogen (secondary N) is 1. The van der Waals surface area contributed by atoms with Gasteiger partial charge in [-0.2, -0.15) is 0 Å². The number of hydrogen-bond donors (Lipinski definition) is 1. The maximum Gasteiger partial charge on any atom is 0.224 e. The Balaban J connectivity index is 1.48. The summed E-state index contributed by atoms with van der Waals surface area (Å²) in [4.78, 5) is 16.0. The molecule has 0 saturated heterocycles. The van der Waals surface area contributed by atoms with Crippen LogP contribution in [-0.4, -0.2) is 18.0 Å². The van der Waals surface area contributed by atoms with Crippen molar-refractivity contribution in [3.63, 3.8) is 0 Å². The van der Waals surface area contributed by atoms with Crippen molar-refractivity contribution in [3.8, 4) is 5.88 Å². The van der Waals surface area contributed by atoms with Crippen molar-refractivity contribution < 1.29 is 13.9 Å². The summed E-state index contributed by atoms with van der Waals surface area (Å²) in [6.45, 7) is 2.23. The topological polar surface area (TPSA) is 64.4 Å². The zero-order valence-electron chi connectivity index (χ0n) is 12.8. The number of ether oxygens (including phenoxy) is 1. The van der Waals surface area contributed by atoms with E-state index < -0.39 is 0 Å². The SMILES string of the molecule is COc1ccc(NC(=O)CCc2ccc(C3CC3C)o2)cn1. The van der Waals surface area contributed by atoms with Gasteiger partial charge in [0.2, 0.25) is 11.8 Å². The summed E-state index contributed by atoms with van der Waals surface area (Å²) in [5, 5.41) is 2.81. The summed E-state index contributed by atoms with van der Waals surface area (Å²) in [6.07, 6.45) is 3.78. The number of anilines is 1. The largest absolute Gasteiger partial charge is 0.481 e. The van der Waals surface area contributed by atoms with Crippen LogP contribution in [-0.2, 0) is 11.2 Å². The highest BCUT2D eigenvalue weighted by Gasteiger charge is 2.36. The van der Waals surface area contributed by atoms with Crippen LogP contribution in [0.4, 0.5) is 5.69 Å². The molecule has 0 aromatic carbocycles. The average Bonchev–Trinajstić information content (AvgIpc) is 3.08. The number of carbonyl (C=O) groups is 1. The van der Waals surface area contributed by atoms with Crippen molar-refractivity contribution >= 4 is 11.6 Å². The van der Waals surface area contributed by atoms with Crippen LogP contribution in [0, 0.1) is 5.92 Å². The first-order chi connectivity index (χ1) is 10.7. The number of amides is 1. The second-order valence-corrected chi connectivity index (χ2v) is 5.76. The van der Waals surface area contributed by atoms with Crippen LogP contribution in [0.3, 0.4) is 0 Å². The first-order valence-corrected chi connectivity index (χ1v) is 7.54. The molecular formula is C17H20N2O3. The number of aromatic nitrogens is 1. The summed E-state index contributed by atoms with van der Waals surface area (Å²) in [5.74, 6) is 3.71. The van der Waals surface area contributed by atoms with E-state index in [9.17, 15) is 4.79 Å². The minimum Gasteiger partial charge on any atom is -0.481 e. The Kier molecular flexibility index (Phi) is 4.13. The minimum atomic E-state index is -0.0512. The molecule has 1 aliphatic carbocycles. The fraction of sp³-hybridized carbons (Fsp3) is 0.412. The third-order valence-electron chi connectivity index (χ3n) is 3.99. The van der Waals surface area contributed by atoms with Gasteiger partial charge >= 0.3 is 0 Å². The van der Waals surface area contributed by atoms with E-state index in [1.807, 2.05) is 12.1 Å². The first kappa shape index (κ1) is 14.6. The van der Waals surface area contributed by atoms with Crippen LogP contribution < -0.4 is 10.1 Å². The lowest BCUT2D eigenvalue weighted by atomic mass is 10.2. The summed E-state index contributed by atoms with van der Waals surface area (Å²) >= 11 is 0. The molecule has 1 N–H and O–H groups in total. The molecule has 0 spiro atoms. The zero-order chi connectivity index (χ0) is 15.5. The van der Waals surface area contributed by atoms with Crippen LogP contribution in [0.15, 0.2) is 34.9 Å². The molecule has 2 atom stereocenters. The molecule has 1 aliphatic rings. The maximum atomic E-state index is 11.9. The summed E-state index contributed by atoms with van der Waals surface area (Å²) in [6, 6.07) is 7.49. The predicted octanol–water partition coefficient (Wildman–Crippen LogP) is 3.38. The van der Waals surface area contributed by atoms with E-state index >= 15 is 0 Å². The van der Waals surface area contributed by atoms with E-state index in [0.717, 1.165) is 17.4 Å². The van der Waals surface area contributed by atoms with Gasteiger partial charge in [0.25, 0.3) is 0 Å². The summed E-state index contributed by atoms with van der Waals surface area (Å²) in [5.41, 5.74) is 0.665. The fourth-order valence-corrected chi connectivity index (χ4v) is 2.48. The molecule has 1 saturated carbocycles. The predicted molar refractivity (Wildman–Crippen MR) is 83.0 cm³/mol. The molecule has 2 aromatic rings. The van der Waals surface area contributed by atoms with Crippen LogP contribution >= 0.6 is 0 Å². The minimum absolute atomic E-state index is 0.0512. The van der Waals surface area contributed by atoms with Crippen LogP contribution in [0.1, 0.15) is 37.2 Å². The number of aryl methyl sites for hydroxylation is 1. The number of rotatable bonds is 6. The van der Waals surface area contributed by atoms with Gasteiger partial charge in [-0.3, -0.25) is 4.79 Å².